The predicted octanol–water partition coefficient (Wildman–Crippen LogP) is 2.50. The van der Waals surface area contributed by atoms with Gasteiger partial charge in [0.15, 0.2) is 0 Å². The summed E-state index contributed by atoms with van der Waals surface area (Å²) < 4.78 is 0. The molecule has 14 heavy (non-hydrogen) atoms. The van der Waals surface area contributed by atoms with Gasteiger partial charge >= 0.3 is 0 Å². The van der Waals surface area contributed by atoms with Gasteiger partial charge in [0.1, 0.15) is 5.75 Å². The number of nitrogens with zero attached hydrogens (tertiary/aromatic N) is 1. The summed E-state index contributed by atoms with van der Waals surface area (Å²) in [6, 6.07) is 5.39. The van der Waals surface area contributed by atoms with Crippen molar-refractivity contribution in [3.63, 3.8) is 0 Å². The van der Waals surface area contributed by atoms with Crippen LogP contribution in [0.25, 0.3) is 0 Å². The molecule has 2 N–H and O–H groups in total. The zero-order valence-electron chi connectivity index (χ0n) is 8.65. The molecule has 1 aromatic rings. The maximum Gasteiger partial charge on any atom is 0.128 e. The third-order valence-electron chi connectivity index (χ3n) is 2.07. The highest BCUT2D eigenvalue weighted by Gasteiger charge is 2.18. The topological polar surface area (TPSA) is 52.8 Å². The highest BCUT2D eigenvalue weighted by atomic mass is 16.4. The first-order chi connectivity index (χ1) is 6.46. The maximum absolute atomic E-state index is 9.85. The summed E-state index contributed by atoms with van der Waals surface area (Å²) in [5.74, 6) is 0.179. The van der Waals surface area contributed by atoms with Gasteiger partial charge in [-0.2, -0.15) is 0 Å². The summed E-state index contributed by atoms with van der Waals surface area (Å²) >= 11 is 0. The fourth-order valence-corrected chi connectivity index (χ4v) is 1.33. The van der Waals surface area contributed by atoms with Gasteiger partial charge in [-0.1, -0.05) is 38.1 Å². The van der Waals surface area contributed by atoms with E-state index in [1.165, 1.54) is 6.21 Å². The van der Waals surface area contributed by atoms with Gasteiger partial charge < -0.3 is 10.3 Å². The second-order valence-corrected chi connectivity index (χ2v) is 4.24. The summed E-state index contributed by atoms with van der Waals surface area (Å²) in [7, 11) is 0. The lowest BCUT2D eigenvalue weighted by Crippen LogP contribution is -2.11. The Bertz CT molecular complexity index is 351. The van der Waals surface area contributed by atoms with Crippen LogP contribution in [0, 0.1) is 0 Å². The first-order valence-electron chi connectivity index (χ1n) is 4.46. The SMILES string of the molecule is CC(C)(C)c1cccc(/C=N/O)c1O. The molecule has 0 saturated heterocycles. The van der Waals surface area contributed by atoms with Gasteiger partial charge in [0.25, 0.3) is 0 Å². The van der Waals surface area contributed by atoms with E-state index in [4.69, 9.17) is 5.21 Å². The van der Waals surface area contributed by atoms with Gasteiger partial charge in [-0.05, 0) is 17.0 Å². The number of aromatic hydroxyl groups is 1. The van der Waals surface area contributed by atoms with Crippen LogP contribution >= 0.6 is 0 Å². The van der Waals surface area contributed by atoms with E-state index in [1.54, 1.807) is 6.07 Å². The number of phenols is 1. The van der Waals surface area contributed by atoms with Crippen LogP contribution in [-0.2, 0) is 5.41 Å². The van der Waals surface area contributed by atoms with Crippen molar-refractivity contribution in [3.8, 4) is 5.75 Å². The Kier molecular flexibility index (Phi) is 2.79. The Labute approximate surface area is 83.7 Å². The molecule has 0 fully saturated rings. The van der Waals surface area contributed by atoms with E-state index in [1.807, 2.05) is 32.9 Å². The van der Waals surface area contributed by atoms with Gasteiger partial charge in [-0.3, -0.25) is 0 Å². The number of oxime groups is 1. The van der Waals surface area contributed by atoms with E-state index in [2.05, 4.69) is 5.16 Å². The molecule has 0 aliphatic heterocycles. The third kappa shape index (κ3) is 2.05. The van der Waals surface area contributed by atoms with Gasteiger partial charge in [-0.25, -0.2) is 0 Å². The van der Waals surface area contributed by atoms with Gasteiger partial charge in [-0.15, -0.1) is 0 Å². The Morgan fingerprint density at radius 3 is 2.43 bits per heavy atom. The first-order valence-corrected chi connectivity index (χ1v) is 4.46. The van der Waals surface area contributed by atoms with Crippen molar-refractivity contribution in [1.82, 2.24) is 0 Å². The lowest BCUT2D eigenvalue weighted by Gasteiger charge is -2.20. The molecule has 0 radical (unpaired) electrons. The smallest absolute Gasteiger partial charge is 0.128 e. The molecule has 0 aliphatic carbocycles. The Morgan fingerprint density at radius 1 is 1.29 bits per heavy atom. The van der Waals surface area contributed by atoms with E-state index in [-0.39, 0.29) is 11.2 Å². The number of rotatable bonds is 1. The van der Waals surface area contributed by atoms with E-state index in [0.717, 1.165) is 5.56 Å². The van der Waals surface area contributed by atoms with Crippen LogP contribution in [0.5, 0.6) is 5.75 Å². The number of hydrogen-bond donors (Lipinski definition) is 2. The van der Waals surface area contributed by atoms with Crippen LogP contribution in [0.1, 0.15) is 31.9 Å². The van der Waals surface area contributed by atoms with Crippen LogP contribution in [0.4, 0.5) is 0 Å². The van der Waals surface area contributed by atoms with Gasteiger partial charge in [0.2, 0.25) is 0 Å². The predicted molar refractivity (Wildman–Crippen MR) is 56.2 cm³/mol. The molecule has 0 aromatic heterocycles. The summed E-state index contributed by atoms with van der Waals surface area (Å²) in [4.78, 5) is 0. The van der Waals surface area contributed by atoms with Crippen molar-refractivity contribution in [2.24, 2.45) is 5.16 Å². The first kappa shape index (κ1) is 10.6. The van der Waals surface area contributed by atoms with Crippen LogP contribution in [0.2, 0.25) is 0 Å². The van der Waals surface area contributed by atoms with Crippen molar-refractivity contribution >= 4 is 6.21 Å². The second-order valence-electron chi connectivity index (χ2n) is 4.24. The van der Waals surface area contributed by atoms with Crippen LogP contribution in [-0.4, -0.2) is 16.5 Å². The molecule has 1 aromatic carbocycles. The van der Waals surface area contributed by atoms with Crippen LogP contribution < -0.4 is 0 Å². The lowest BCUT2D eigenvalue weighted by molar-refractivity contribution is 0.321. The normalized spacial score (nSPS) is 12.2. The monoisotopic (exact) mass is 193 g/mol. The summed E-state index contributed by atoms with van der Waals surface area (Å²) in [5.41, 5.74) is 1.25. The highest BCUT2D eigenvalue weighted by Crippen LogP contribution is 2.32. The number of benzene rings is 1. The average Bonchev–Trinajstić information content (AvgIpc) is 2.07. The molecule has 0 aliphatic rings. The van der Waals surface area contributed by atoms with E-state index >= 15 is 0 Å². The zero-order valence-corrected chi connectivity index (χ0v) is 8.65. The maximum atomic E-state index is 9.85. The van der Waals surface area contributed by atoms with Crippen molar-refractivity contribution in [1.29, 1.82) is 0 Å². The highest BCUT2D eigenvalue weighted by molar-refractivity contribution is 5.83. The van der Waals surface area contributed by atoms with E-state index < -0.39 is 0 Å². The quantitative estimate of drug-likeness (QED) is 0.409. The summed E-state index contributed by atoms with van der Waals surface area (Å²) in [6.45, 7) is 6.05. The van der Waals surface area contributed by atoms with E-state index in [0.29, 0.717) is 5.56 Å². The van der Waals surface area contributed by atoms with Crippen LogP contribution in [0.15, 0.2) is 23.4 Å². The minimum absolute atomic E-state index is 0.122. The second kappa shape index (κ2) is 3.70. The average molecular weight is 193 g/mol. The fraction of sp³-hybridized carbons (Fsp3) is 0.364. The molecule has 3 heteroatoms. The molecule has 0 amide bonds. The summed E-state index contributed by atoms with van der Waals surface area (Å²) in [6.07, 6.45) is 1.23. The Morgan fingerprint density at radius 2 is 1.93 bits per heavy atom. The number of hydrogen-bond acceptors (Lipinski definition) is 3. The van der Waals surface area contributed by atoms with Crippen molar-refractivity contribution in [3.05, 3.63) is 29.3 Å². The molecule has 0 spiro atoms. The molecule has 0 heterocycles. The van der Waals surface area contributed by atoms with Gasteiger partial charge in [0, 0.05) is 5.56 Å². The van der Waals surface area contributed by atoms with E-state index in [9.17, 15) is 5.11 Å². The molecule has 0 unspecified atom stereocenters. The van der Waals surface area contributed by atoms with Crippen molar-refractivity contribution < 1.29 is 10.3 Å². The molecular weight excluding hydrogens is 178 g/mol. The molecule has 0 atom stereocenters. The van der Waals surface area contributed by atoms with Gasteiger partial charge in [0.05, 0.1) is 6.21 Å². The molecule has 0 bridgehead atoms. The molecule has 76 valence electrons. The Balaban J connectivity index is 3.28. The van der Waals surface area contributed by atoms with Crippen molar-refractivity contribution in [2.45, 2.75) is 26.2 Å². The third-order valence-corrected chi connectivity index (χ3v) is 2.07. The number of phenolic OH excluding ortho intramolecular Hbond substituents is 1. The Hall–Kier alpha value is -1.51. The van der Waals surface area contributed by atoms with Crippen molar-refractivity contribution in [2.75, 3.05) is 0 Å². The lowest BCUT2D eigenvalue weighted by atomic mass is 9.85. The molecule has 1 rings (SSSR count). The standard InChI is InChI=1S/C11H15NO2/c1-11(2,3)9-6-4-5-8(7-12-14)10(9)13/h4-7,13-14H,1-3H3/b12-7+. The molecule has 0 saturated carbocycles. The fourth-order valence-electron chi connectivity index (χ4n) is 1.33. The number of para-hydroxylation sites is 1. The molecule has 3 nitrogen and oxygen atoms in total. The minimum Gasteiger partial charge on any atom is -0.507 e. The van der Waals surface area contributed by atoms with Crippen LogP contribution in [0.3, 0.4) is 0 Å². The zero-order chi connectivity index (χ0) is 10.8. The molecular formula is C11H15NO2. The largest absolute Gasteiger partial charge is 0.507 e. The summed E-state index contributed by atoms with van der Waals surface area (Å²) in [5, 5.41) is 21.2. The minimum atomic E-state index is -0.122.